The smallest absolute Gasteiger partial charge is 0.411 e. The fourth-order valence-corrected chi connectivity index (χ4v) is 1.42. The number of nitrogens with zero attached hydrogens (tertiary/aromatic N) is 1. The first-order chi connectivity index (χ1) is 9.31. The van der Waals surface area contributed by atoms with Gasteiger partial charge in [-0.15, -0.1) is 0 Å². The molecule has 1 aromatic rings. The summed E-state index contributed by atoms with van der Waals surface area (Å²) < 4.78 is 40.4. The Labute approximate surface area is 113 Å². The summed E-state index contributed by atoms with van der Waals surface area (Å²) in [6.45, 7) is 0.318. The Hall–Kier alpha value is -1.83. The molecule has 1 rings (SSSR count). The first-order valence-electron chi connectivity index (χ1n) is 5.93. The van der Waals surface area contributed by atoms with E-state index in [9.17, 15) is 18.0 Å². The number of alkyl halides is 3. The van der Waals surface area contributed by atoms with Crippen LogP contribution in [0.4, 0.5) is 19.0 Å². The number of hydrogen-bond donors (Lipinski definition) is 2. The molecule has 1 heterocycles. The maximum Gasteiger partial charge on any atom is 0.411 e. The van der Waals surface area contributed by atoms with Crippen LogP contribution in [0.3, 0.4) is 0 Å². The number of anilines is 1. The predicted molar refractivity (Wildman–Crippen MR) is 65.8 cm³/mol. The van der Waals surface area contributed by atoms with E-state index in [0.29, 0.717) is 6.42 Å². The van der Waals surface area contributed by atoms with Crippen LogP contribution in [0.15, 0.2) is 18.2 Å². The van der Waals surface area contributed by atoms with Crippen molar-refractivity contribution in [3.63, 3.8) is 0 Å². The third-order valence-corrected chi connectivity index (χ3v) is 2.40. The lowest BCUT2D eigenvalue weighted by Crippen LogP contribution is -2.28. The normalized spacial score (nSPS) is 13.0. The summed E-state index contributed by atoms with van der Waals surface area (Å²) in [7, 11) is 0. The Morgan fingerprint density at radius 1 is 1.50 bits per heavy atom. The average Bonchev–Trinajstić information content (AvgIpc) is 2.36. The zero-order valence-corrected chi connectivity index (χ0v) is 10.8. The highest BCUT2D eigenvalue weighted by atomic mass is 19.4. The largest absolute Gasteiger partial charge is 0.477 e. The number of carboxylic acids is 1. The predicted octanol–water partition coefficient (Wildman–Crippen LogP) is 2.55. The summed E-state index contributed by atoms with van der Waals surface area (Å²) in [6, 6.07) is 3.99. The van der Waals surface area contributed by atoms with E-state index in [1.165, 1.54) is 12.1 Å². The zero-order chi connectivity index (χ0) is 15.2. The third-order valence-electron chi connectivity index (χ3n) is 2.40. The molecule has 0 saturated carbocycles. The molecule has 1 atom stereocenters. The molecule has 20 heavy (non-hydrogen) atoms. The summed E-state index contributed by atoms with van der Waals surface area (Å²) in [6.07, 6.45) is -3.85. The van der Waals surface area contributed by atoms with Gasteiger partial charge in [0.2, 0.25) is 0 Å². The van der Waals surface area contributed by atoms with Crippen molar-refractivity contribution < 1.29 is 27.8 Å². The molecule has 0 aliphatic carbocycles. The third kappa shape index (κ3) is 5.87. The van der Waals surface area contributed by atoms with Crippen molar-refractivity contribution in [1.29, 1.82) is 0 Å². The Morgan fingerprint density at radius 2 is 2.20 bits per heavy atom. The molecule has 1 unspecified atom stereocenters. The van der Waals surface area contributed by atoms with Gasteiger partial charge in [-0.05, 0) is 18.6 Å². The second-order valence-electron chi connectivity index (χ2n) is 4.09. The van der Waals surface area contributed by atoms with Crippen molar-refractivity contribution in [3.05, 3.63) is 23.9 Å². The number of halogens is 3. The standard InChI is InChI=1S/C12H15F3N2O3/c1-2-8(6-20-7-12(13,14)15)16-10-5-3-4-9(17-10)11(18)19/h3-5,8H,2,6-7H2,1H3,(H,16,17)(H,18,19). The van der Waals surface area contributed by atoms with E-state index >= 15 is 0 Å². The van der Waals surface area contributed by atoms with Gasteiger partial charge in [-0.2, -0.15) is 13.2 Å². The van der Waals surface area contributed by atoms with Gasteiger partial charge in [-0.3, -0.25) is 0 Å². The summed E-state index contributed by atoms with van der Waals surface area (Å²) in [4.78, 5) is 14.6. The maximum absolute atomic E-state index is 12.0. The number of ether oxygens (including phenoxy) is 1. The highest BCUT2D eigenvalue weighted by molar-refractivity contribution is 5.85. The molecular formula is C12H15F3N2O3. The van der Waals surface area contributed by atoms with Crippen LogP contribution in [0.25, 0.3) is 0 Å². The van der Waals surface area contributed by atoms with Gasteiger partial charge in [0.1, 0.15) is 12.4 Å². The molecule has 8 heteroatoms. The van der Waals surface area contributed by atoms with E-state index in [1.807, 2.05) is 0 Å². The molecule has 1 aromatic heterocycles. The Morgan fingerprint density at radius 3 is 2.75 bits per heavy atom. The molecule has 0 radical (unpaired) electrons. The van der Waals surface area contributed by atoms with Gasteiger partial charge < -0.3 is 15.2 Å². The Kier molecular flexibility index (Phi) is 5.75. The van der Waals surface area contributed by atoms with Crippen LogP contribution in [-0.4, -0.2) is 41.5 Å². The molecule has 0 bridgehead atoms. The lowest BCUT2D eigenvalue weighted by atomic mass is 10.2. The van der Waals surface area contributed by atoms with Crippen LogP contribution in [0, 0.1) is 0 Å². The molecule has 112 valence electrons. The Bertz CT molecular complexity index is 452. The van der Waals surface area contributed by atoms with E-state index in [4.69, 9.17) is 5.11 Å². The van der Waals surface area contributed by atoms with Crippen LogP contribution >= 0.6 is 0 Å². The molecule has 0 aliphatic rings. The van der Waals surface area contributed by atoms with Gasteiger partial charge in [0.25, 0.3) is 0 Å². The zero-order valence-electron chi connectivity index (χ0n) is 10.8. The number of carbonyl (C=O) groups is 1. The van der Waals surface area contributed by atoms with Crippen LogP contribution in [-0.2, 0) is 4.74 Å². The van der Waals surface area contributed by atoms with Gasteiger partial charge >= 0.3 is 12.1 Å². The van der Waals surface area contributed by atoms with Crippen LogP contribution in [0.5, 0.6) is 0 Å². The van der Waals surface area contributed by atoms with Crippen molar-refractivity contribution in [1.82, 2.24) is 4.98 Å². The van der Waals surface area contributed by atoms with Crippen LogP contribution in [0.2, 0.25) is 0 Å². The second-order valence-corrected chi connectivity index (χ2v) is 4.09. The van der Waals surface area contributed by atoms with E-state index < -0.39 is 18.8 Å². The molecule has 0 saturated heterocycles. The second kappa shape index (κ2) is 7.09. The van der Waals surface area contributed by atoms with E-state index in [2.05, 4.69) is 15.0 Å². The number of aromatic carboxylic acids is 1. The van der Waals surface area contributed by atoms with Crippen molar-refractivity contribution in [2.45, 2.75) is 25.6 Å². The SMILES string of the molecule is CCC(COCC(F)(F)F)Nc1cccc(C(=O)O)n1. The van der Waals surface area contributed by atoms with Crippen molar-refractivity contribution >= 4 is 11.8 Å². The van der Waals surface area contributed by atoms with Gasteiger partial charge in [0.05, 0.1) is 12.6 Å². The van der Waals surface area contributed by atoms with E-state index in [0.717, 1.165) is 0 Å². The van der Waals surface area contributed by atoms with Crippen molar-refractivity contribution in [2.24, 2.45) is 0 Å². The van der Waals surface area contributed by atoms with Gasteiger partial charge in [0, 0.05) is 0 Å². The van der Waals surface area contributed by atoms with E-state index in [1.54, 1.807) is 13.0 Å². The molecule has 2 N–H and O–H groups in total. The van der Waals surface area contributed by atoms with Crippen LogP contribution in [0.1, 0.15) is 23.8 Å². The highest BCUT2D eigenvalue weighted by Crippen LogP contribution is 2.15. The van der Waals surface area contributed by atoms with Crippen LogP contribution < -0.4 is 5.32 Å². The highest BCUT2D eigenvalue weighted by Gasteiger charge is 2.27. The van der Waals surface area contributed by atoms with Gasteiger partial charge in [-0.1, -0.05) is 13.0 Å². The number of nitrogens with one attached hydrogen (secondary N) is 1. The van der Waals surface area contributed by atoms with Crippen molar-refractivity contribution in [3.8, 4) is 0 Å². The fourth-order valence-electron chi connectivity index (χ4n) is 1.42. The van der Waals surface area contributed by atoms with Gasteiger partial charge in [0.15, 0.2) is 5.69 Å². The lowest BCUT2D eigenvalue weighted by Gasteiger charge is -2.18. The van der Waals surface area contributed by atoms with Gasteiger partial charge in [-0.25, -0.2) is 9.78 Å². The minimum Gasteiger partial charge on any atom is -0.477 e. The number of pyridine rings is 1. The van der Waals surface area contributed by atoms with Crippen molar-refractivity contribution in [2.75, 3.05) is 18.5 Å². The quantitative estimate of drug-likeness (QED) is 0.808. The molecule has 0 fully saturated rings. The maximum atomic E-state index is 12.0. The summed E-state index contributed by atoms with van der Waals surface area (Å²) in [5, 5.41) is 11.6. The molecular weight excluding hydrogens is 277 g/mol. The monoisotopic (exact) mass is 292 g/mol. The van der Waals surface area contributed by atoms with E-state index in [-0.39, 0.29) is 24.2 Å². The average molecular weight is 292 g/mol. The summed E-state index contributed by atoms with van der Waals surface area (Å²) in [5.74, 6) is -0.887. The Balaban J connectivity index is 2.55. The fraction of sp³-hybridized carbons (Fsp3) is 0.500. The first-order valence-corrected chi connectivity index (χ1v) is 5.93. The first kappa shape index (κ1) is 16.2. The minimum absolute atomic E-state index is 0.138. The molecule has 0 aliphatic heterocycles. The topological polar surface area (TPSA) is 71.5 Å². The summed E-state index contributed by atoms with van der Waals surface area (Å²) in [5.41, 5.74) is -0.138. The number of carboxylic acid groups (broad SMARTS) is 1. The molecule has 5 nitrogen and oxygen atoms in total. The number of rotatable bonds is 7. The molecule has 0 spiro atoms. The number of hydrogen-bond acceptors (Lipinski definition) is 4. The number of aromatic nitrogens is 1. The minimum atomic E-state index is -4.36. The summed E-state index contributed by atoms with van der Waals surface area (Å²) >= 11 is 0. The lowest BCUT2D eigenvalue weighted by molar-refractivity contribution is -0.174. The molecule has 0 aromatic carbocycles. The molecule has 0 amide bonds.